The summed E-state index contributed by atoms with van der Waals surface area (Å²) < 4.78 is 14.9. The Morgan fingerprint density at radius 1 is 1.05 bits per heavy atom. The summed E-state index contributed by atoms with van der Waals surface area (Å²) in [4.78, 5) is 8.79. The van der Waals surface area contributed by atoms with E-state index in [1.165, 1.54) is 0 Å². The molecule has 2 rings (SSSR count). The van der Waals surface area contributed by atoms with Gasteiger partial charge in [0.2, 0.25) is 0 Å². The van der Waals surface area contributed by atoms with Crippen molar-refractivity contribution in [3.8, 4) is 11.1 Å². The fraction of sp³-hybridized carbons (Fsp3) is 0.412. The molecule has 0 aliphatic heterocycles. The fourth-order valence-corrected chi connectivity index (χ4v) is 2.66. The molecule has 0 saturated carbocycles. The molecular weight excluding hydrogens is 294 g/mol. The SMILES string of the molecule is Cc1ccc(-c2ccc(C(C)NS(=O)C(C)(C)C)nc2)cn1. The topological polar surface area (TPSA) is 54.9 Å². The lowest BCUT2D eigenvalue weighted by atomic mass is 10.1. The molecule has 1 N–H and O–H groups in total. The number of pyridine rings is 2. The van der Waals surface area contributed by atoms with Crippen LogP contribution in [0.2, 0.25) is 0 Å². The molecule has 0 aliphatic rings. The Balaban J connectivity index is 2.11. The normalized spacial score (nSPS) is 14.6. The van der Waals surface area contributed by atoms with Crippen molar-refractivity contribution in [1.29, 1.82) is 0 Å². The van der Waals surface area contributed by atoms with Crippen LogP contribution < -0.4 is 4.72 Å². The van der Waals surface area contributed by atoms with E-state index in [0.29, 0.717) is 0 Å². The highest BCUT2D eigenvalue weighted by Crippen LogP contribution is 2.20. The zero-order valence-corrected chi connectivity index (χ0v) is 14.6. The molecule has 5 heteroatoms. The number of rotatable bonds is 4. The molecule has 0 radical (unpaired) electrons. The van der Waals surface area contributed by atoms with Crippen molar-refractivity contribution in [2.24, 2.45) is 0 Å². The van der Waals surface area contributed by atoms with Gasteiger partial charge in [-0.25, -0.2) is 8.93 Å². The van der Waals surface area contributed by atoms with E-state index in [1.54, 1.807) is 0 Å². The maximum absolute atomic E-state index is 12.1. The predicted octanol–water partition coefficient (Wildman–Crippen LogP) is 3.56. The van der Waals surface area contributed by atoms with Crippen LogP contribution in [0.3, 0.4) is 0 Å². The summed E-state index contributed by atoms with van der Waals surface area (Å²) in [6.45, 7) is 9.78. The van der Waals surface area contributed by atoms with Crippen LogP contribution in [-0.4, -0.2) is 18.9 Å². The molecule has 4 nitrogen and oxygen atoms in total. The van der Waals surface area contributed by atoms with Gasteiger partial charge in [0.25, 0.3) is 0 Å². The van der Waals surface area contributed by atoms with Crippen LogP contribution in [0.1, 0.15) is 45.1 Å². The van der Waals surface area contributed by atoms with Gasteiger partial charge in [0.15, 0.2) is 0 Å². The minimum absolute atomic E-state index is 0.0646. The third kappa shape index (κ3) is 4.21. The number of aryl methyl sites for hydroxylation is 1. The van der Waals surface area contributed by atoms with E-state index in [-0.39, 0.29) is 10.8 Å². The molecule has 118 valence electrons. The molecule has 2 unspecified atom stereocenters. The largest absolute Gasteiger partial charge is 0.261 e. The summed E-state index contributed by atoms with van der Waals surface area (Å²) in [7, 11) is -1.11. The van der Waals surface area contributed by atoms with Gasteiger partial charge in [0, 0.05) is 29.2 Å². The molecule has 2 aromatic rings. The third-order valence-corrected chi connectivity index (χ3v) is 4.99. The molecule has 0 bridgehead atoms. The molecule has 0 spiro atoms. The molecule has 2 aromatic heterocycles. The Hall–Kier alpha value is -1.59. The number of hydrogen-bond donors (Lipinski definition) is 1. The highest BCUT2D eigenvalue weighted by Gasteiger charge is 2.22. The monoisotopic (exact) mass is 317 g/mol. The van der Waals surface area contributed by atoms with Gasteiger partial charge >= 0.3 is 0 Å². The summed E-state index contributed by atoms with van der Waals surface area (Å²) in [6.07, 6.45) is 3.68. The second-order valence-electron chi connectivity index (χ2n) is 6.38. The van der Waals surface area contributed by atoms with Crippen molar-refractivity contribution in [3.63, 3.8) is 0 Å². The Kier molecular flexibility index (Phi) is 5.08. The number of aromatic nitrogens is 2. The van der Waals surface area contributed by atoms with E-state index < -0.39 is 11.0 Å². The first-order valence-corrected chi connectivity index (χ1v) is 8.49. The first-order valence-electron chi connectivity index (χ1n) is 7.34. The number of nitrogens with one attached hydrogen (secondary N) is 1. The standard InChI is InChI=1S/C17H23N3OS/c1-12-6-7-14(10-18-12)15-8-9-16(19-11-15)13(2)20-22(21)17(3,4)5/h6-11,13,20H,1-5H3. The van der Waals surface area contributed by atoms with Gasteiger partial charge in [0.05, 0.1) is 27.5 Å². The molecule has 0 aliphatic carbocycles. The van der Waals surface area contributed by atoms with E-state index in [9.17, 15) is 4.21 Å². The molecular formula is C17H23N3OS. The maximum Gasteiger partial charge on any atom is 0.0976 e. The third-order valence-electron chi connectivity index (χ3n) is 3.31. The van der Waals surface area contributed by atoms with Gasteiger partial charge in [-0.05, 0) is 46.8 Å². The average molecular weight is 317 g/mol. The Bertz CT molecular complexity index is 645. The van der Waals surface area contributed by atoms with E-state index in [4.69, 9.17) is 0 Å². The van der Waals surface area contributed by atoms with Gasteiger partial charge in [-0.15, -0.1) is 0 Å². The molecule has 0 amide bonds. The second kappa shape index (κ2) is 6.67. The summed E-state index contributed by atoms with van der Waals surface area (Å²) in [5.74, 6) is 0. The summed E-state index contributed by atoms with van der Waals surface area (Å²) in [6, 6.07) is 7.94. The lowest BCUT2D eigenvalue weighted by Crippen LogP contribution is -2.35. The van der Waals surface area contributed by atoms with E-state index >= 15 is 0 Å². The minimum atomic E-state index is -1.11. The van der Waals surface area contributed by atoms with Crippen LogP contribution in [0, 0.1) is 6.92 Å². The predicted molar refractivity (Wildman–Crippen MR) is 91.7 cm³/mol. The van der Waals surface area contributed by atoms with Crippen LogP contribution in [0.4, 0.5) is 0 Å². The summed E-state index contributed by atoms with van der Waals surface area (Å²) >= 11 is 0. The van der Waals surface area contributed by atoms with Crippen molar-refractivity contribution < 1.29 is 4.21 Å². The zero-order valence-electron chi connectivity index (χ0n) is 13.8. The molecule has 2 heterocycles. The van der Waals surface area contributed by atoms with Crippen molar-refractivity contribution >= 4 is 11.0 Å². The van der Waals surface area contributed by atoms with Crippen molar-refractivity contribution in [3.05, 3.63) is 48.0 Å². The smallest absolute Gasteiger partial charge is 0.0976 e. The maximum atomic E-state index is 12.1. The second-order valence-corrected chi connectivity index (χ2v) is 8.38. The van der Waals surface area contributed by atoms with Crippen molar-refractivity contribution in [1.82, 2.24) is 14.7 Å². The highest BCUT2D eigenvalue weighted by atomic mass is 32.2. The lowest BCUT2D eigenvalue weighted by molar-refractivity contribution is 0.611. The Morgan fingerprint density at radius 3 is 2.09 bits per heavy atom. The van der Waals surface area contributed by atoms with E-state index in [2.05, 4.69) is 14.7 Å². The van der Waals surface area contributed by atoms with Crippen molar-refractivity contribution in [2.45, 2.75) is 45.4 Å². The van der Waals surface area contributed by atoms with E-state index in [0.717, 1.165) is 22.5 Å². The molecule has 2 atom stereocenters. The van der Waals surface area contributed by atoms with Crippen LogP contribution in [0.5, 0.6) is 0 Å². The van der Waals surface area contributed by atoms with Gasteiger partial charge < -0.3 is 0 Å². The average Bonchev–Trinajstić information content (AvgIpc) is 2.47. The summed E-state index contributed by atoms with van der Waals surface area (Å²) in [5.41, 5.74) is 3.95. The quantitative estimate of drug-likeness (QED) is 0.938. The van der Waals surface area contributed by atoms with Crippen LogP contribution in [-0.2, 0) is 11.0 Å². The molecule has 0 aromatic carbocycles. The lowest BCUT2D eigenvalue weighted by Gasteiger charge is -2.21. The number of nitrogens with zero attached hydrogens (tertiary/aromatic N) is 2. The molecule has 22 heavy (non-hydrogen) atoms. The van der Waals surface area contributed by atoms with Crippen molar-refractivity contribution in [2.75, 3.05) is 0 Å². The van der Waals surface area contributed by atoms with Gasteiger partial charge in [-0.2, -0.15) is 0 Å². The van der Waals surface area contributed by atoms with Crippen LogP contribution >= 0.6 is 0 Å². The highest BCUT2D eigenvalue weighted by molar-refractivity contribution is 7.84. The summed E-state index contributed by atoms with van der Waals surface area (Å²) in [5, 5.41) is 0. The van der Waals surface area contributed by atoms with E-state index in [1.807, 2.05) is 71.3 Å². The van der Waals surface area contributed by atoms with Gasteiger partial charge in [-0.1, -0.05) is 12.1 Å². The van der Waals surface area contributed by atoms with Crippen LogP contribution in [0.25, 0.3) is 11.1 Å². The van der Waals surface area contributed by atoms with Gasteiger partial charge in [0.1, 0.15) is 0 Å². The number of hydrogen-bond acceptors (Lipinski definition) is 3. The first-order chi connectivity index (χ1) is 10.3. The Labute approximate surface area is 135 Å². The zero-order chi connectivity index (χ0) is 16.3. The molecule has 0 saturated heterocycles. The van der Waals surface area contributed by atoms with Gasteiger partial charge in [-0.3, -0.25) is 9.97 Å². The fourth-order valence-electron chi connectivity index (χ4n) is 1.87. The minimum Gasteiger partial charge on any atom is -0.261 e. The molecule has 0 fully saturated rings. The first kappa shape index (κ1) is 16.8. The Morgan fingerprint density at radius 2 is 1.64 bits per heavy atom. The van der Waals surface area contributed by atoms with Crippen LogP contribution in [0.15, 0.2) is 36.7 Å².